The molecule has 1 aromatic heterocycles. The summed E-state index contributed by atoms with van der Waals surface area (Å²) >= 11 is 5.45. The van der Waals surface area contributed by atoms with Gasteiger partial charge in [0.15, 0.2) is 5.82 Å². The first-order valence-electron chi connectivity index (χ1n) is 11.7. The number of aryl methyl sites for hydroxylation is 2. The first-order valence-corrected chi connectivity index (χ1v) is 12.1. The lowest BCUT2D eigenvalue weighted by molar-refractivity contribution is 0.308. The van der Waals surface area contributed by atoms with Crippen LogP contribution in [0.2, 0.25) is 0 Å². The highest BCUT2D eigenvalue weighted by molar-refractivity contribution is 7.80. The Hall–Kier alpha value is -3.51. The van der Waals surface area contributed by atoms with Crippen LogP contribution >= 0.6 is 12.2 Å². The van der Waals surface area contributed by atoms with Gasteiger partial charge in [-0.25, -0.2) is 0 Å². The van der Waals surface area contributed by atoms with Crippen molar-refractivity contribution in [1.82, 2.24) is 10.1 Å². The zero-order chi connectivity index (χ0) is 23.4. The second kappa shape index (κ2) is 9.77. The van der Waals surface area contributed by atoms with E-state index in [9.17, 15) is 0 Å². The minimum atomic E-state index is -0.638. The molecule has 1 aliphatic rings. The molecule has 0 saturated carbocycles. The highest BCUT2D eigenvalue weighted by Crippen LogP contribution is 2.48. The molecule has 34 heavy (non-hydrogen) atoms. The Balaban J connectivity index is 1.51. The van der Waals surface area contributed by atoms with Crippen molar-refractivity contribution in [2.45, 2.75) is 31.2 Å². The van der Waals surface area contributed by atoms with Gasteiger partial charge in [0.25, 0.3) is 5.89 Å². The van der Waals surface area contributed by atoms with Gasteiger partial charge in [-0.1, -0.05) is 96.2 Å². The van der Waals surface area contributed by atoms with Crippen LogP contribution in [0.15, 0.2) is 95.5 Å². The van der Waals surface area contributed by atoms with Crippen LogP contribution in [0.5, 0.6) is 0 Å². The number of benzene rings is 3. The molecule has 5 nitrogen and oxygen atoms in total. The molecule has 0 radical (unpaired) electrons. The van der Waals surface area contributed by atoms with E-state index in [0.717, 1.165) is 36.3 Å². The van der Waals surface area contributed by atoms with E-state index in [-0.39, 0.29) is 5.92 Å². The highest BCUT2D eigenvalue weighted by atomic mass is 32.1. The van der Waals surface area contributed by atoms with Crippen LogP contribution in [0.4, 0.5) is 5.69 Å². The average Bonchev–Trinajstić information content (AvgIpc) is 3.52. The van der Waals surface area contributed by atoms with E-state index in [0.29, 0.717) is 23.8 Å². The molecule has 5 rings (SSSR count). The molecular weight excluding hydrogens is 440 g/mol. The summed E-state index contributed by atoms with van der Waals surface area (Å²) in [4.78, 5) is 7.78. The molecule has 0 aliphatic carbocycles. The molecule has 0 spiro atoms. The minimum Gasteiger partial charge on any atom is -0.393 e. The number of hydrogen-bond donors (Lipinski definition) is 1. The van der Waals surface area contributed by atoms with Crippen molar-refractivity contribution >= 4 is 22.9 Å². The van der Waals surface area contributed by atoms with Crippen molar-refractivity contribution in [3.05, 3.63) is 114 Å². The first kappa shape index (κ1) is 22.3. The number of nitrogens with two attached hydrogens (primary N) is 1. The van der Waals surface area contributed by atoms with E-state index in [1.54, 1.807) is 0 Å². The smallest absolute Gasteiger partial charge is 0.257 e. The summed E-state index contributed by atoms with van der Waals surface area (Å²) in [5.41, 5.74) is 9.03. The summed E-state index contributed by atoms with van der Waals surface area (Å²) < 4.78 is 6.00. The molecule has 2 N–H and O–H groups in total. The van der Waals surface area contributed by atoms with Crippen LogP contribution in [-0.4, -0.2) is 21.7 Å². The summed E-state index contributed by atoms with van der Waals surface area (Å²) in [6.45, 7) is 0.694. The highest BCUT2D eigenvalue weighted by Gasteiger charge is 2.53. The van der Waals surface area contributed by atoms with Crippen molar-refractivity contribution in [1.29, 1.82) is 0 Å². The van der Waals surface area contributed by atoms with Gasteiger partial charge >= 0.3 is 0 Å². The number of nitrogens with zero attached hydrogens (tertiary/aromatic N) is 3. The maximum atomic E-state index is 6.18. The number of anilines is 1. The predicted molar refractivity (Wildman–Crippen MR) is 139 cm³/mol. The lowest BCUT2D eigenvalue weighted by atomic mass is 9.84. The fourth-order valence-electron chi connectivity index (χ4n) is 4.96. The molecule has 4 aromatic rings. The fraction of sp³-hybridized carbons (Fsp3) is 0.250. The van der Waals surface area contributed by atoms with Crippen LogP contribution in [0.25, 0.3) is 0 Å². The summed E-state index contributed by atoms with van der Waals surface area (Å²) in [6.07, 6.45) is 3.38. The minimum absolute atomic E-state index is 0.0313. The van der Waals surface area contributed by atoms with Crippen LogP contribution in [0.1, 0.15) is 35.7 Å². The first-order chi connectivity index (χ1) is 16.7. The third-order valence-corrected chi connectivity index (χ3v) is 6.99. The molecule has 3 aromatic carbocycles. The van der Waals surface area contributed by atoms with E-state index < -0.39 is 5.54 Å². The third-order valence-electron chi connectivity index (χ3n) is 6.66. The zero-order valence-corrected chi connectivity index (χ0v) is 19.8. The van der Waals surface area contributed by atoms with Crippen molar-refractivity contribution in [3.63, 3.8) is 0 Å². The van der Waals surface area contributed by atoms with Crippen molar-refractivity contribution < 1.29 is 4.52 Å². The number of thiocarbonyl (C=S) groups is 1. The Morgan fingerprint density at radius 1 is 0.941 bits per heavy atom. The molecule has 1 saturated heterocycles. The summed E-state index contributed by atoms with van der Waals surface area (Å²) in [7, 11) is 0. The maximum absolute atomic E-state index is 6.18. The van der Waals surface area contributed by atoms with E-state index in [1.165, 1.54) is 5.56 Å². The summed E-state index contributed by atoms with van der Waals surface area (Å²) in [5, 5.41) is 4.38. The molecule has 2 heterocycles. The van der Waals surface area contributed by atoms with Gasteiger partial charge in [0, 0.05) is 24.6 Å². The molecule has 0 amide bonds. The second-order valence-electron chi connectivity index (χ2n) is 8.83. The molecule has 172 valence electrons. The Kier molecular flexibility index (Phi) is 6.41. The Labute approximate surface area is 205 Å². The SMILES string of the molecule is NC(=S)C1CN(c2ccccc2)C(c2ccccc2)(c2nc(CCCc3ccccc3)no2)C1. The van der Waals surface area contributed by atoms with Crippen LogP contribution < -0.4 is 10.6 Å². The van der Waals surface area contributed by atoms with Crippen LogP contribution in [-0.2, 0) is 18.4 Å². The maximum Gasteiger partial charge on any atom is 0.257 e. The van der Waals surface area contributed by atoms with Gasteiger partial charge in [0.05, 0.1) is 4.99 Å². The van der Waals surface area contributed by atoms with Crippen molar-refractivity contribution in [3.8, 4) is 0 Å². The quantitative estimate of drug-likeness (QED) is 0.354. The standard InChI is InChI=1S/C28H28N4OS/c29-26(34)22-19-28(23-14-6-2-7-15-23,32(20-22)24-16-8-3-9-17-24)27-30-25(31-33-27)18-10-13-21-11-4-1-5-12-21/h1-9,11-12,14-17,22H,10,13,18-20H2,(H2,29,34). The molecule has 2 unspecified atom stereocenters. The van der Waals surface area contributed by atoms with Crippen molar-refractivity contribution in [2.24, 2.45) is 11.7 Å². The monoisotopic (exact) mass is 468 g/mol. The zero-order valence-electron chi connectivity index (χ0n) is 19.0. The predicted octanol–water partition coefficient (Wildman–Crippen LogP) is 5.30. The van der Waals surface area contributed by atoms with Gasteiger partial charge in [-0.15, -0.1) is 0 Å². The van der Waals surface area contributed by atoms with Crippen LogP contribution in [0, 0.1) is 5.92 Å². The van der Waals surface area contributed by atoms with Crippen LogP contribution in [0.3, 0.4) is 0 Å². The topological polar surface area (TPSA) is 68.2 Å². The molecule has 2 atom stereocenters. The Morgan fingerprint density at radius 3 is 2.26 bits per heavy atom. The van der Waals surface area contributed by atoms with Gasteiger partial charge in [-0.2, -0.15) is 4.98 Å². The molecule has 6 heteroatoms. The van der Waals surface area contributed by atoms with E-state index in [4.69, 9.17) is 27.5 Å². The van der Waals surface area contributed by atoms with Gasteiger partial charge in [-0.3, -0.25) is 0 Å². The van der Waals surface area contributed by atoms with E-state index >= 15 is 0 Å². The lowest BCUT2D eigenvalue weighted by Crippen LogP contribution is -2.43. The molecule has 0 bridgehead atoms. The van der Waals surface area contributed by atoms with Gasteiger partial charge < -0.3 is 15.2 Å². The molecule has 1 aliphatic heterocycles. The van der Waals surface area contributed by atoms with Gasteiger partial charge in [0.2, 0.25) is 0 Å². The van der Waals surface area contributed by atoms with E-state index in [2.05, 4.69) is 58.6 Å². The number of hydrogen-bond acceptors (Lipinski definition) is 5. The fourth-order valence-corrected chi connectivity index (χ4v) is 5.12. The Bertz CT molecular complexity index is 1230. The number of para-hydroxylation sites is 1. The van der Waals surface area contributed by atoms with Gasteiger partial charge in [-0.05, 0) is 42.5 Å². The average molecular weight is 469 g/mol. The second-order valence-corrected chi connectivity index (χ2v) is 9.30. The summed E-state index contributed by atoms with van der Waals surface area (Å²) in [6, 6.07) is 31.2. The number of rotatable bonds is 8. The largest absolute Gasteiger partial charge is 0.393 e. The normalized spacial score (nSPS) is 19.9. The van der Waals surface area contributed by atoms with E-state index in [1.807, 2.05) is 42.5 Å². The lowest BCUT2D eigenvalue weighted by Gasteiger charge is -2.37. The van der Waals surface area contributed by atoms with Gasteiger partial charge in [0.1, 0.15) is 5.54 Å². The number of aromatic nitrogens is 2. The molecular formula is C28H28N4OS. The third kappa shape index (κ3) is 4.33. The Morgan fingerprint density at radius 2 is 1.59 bits per heavy atom. The summed E-state index contributed by atoms with van der Waals surface area (Å²) in [5.74, 6) is 1.35. The van der Waals surface area contributed by atoms with Crippen molar-refractivity contribution in [2.75, 3.05) is 11.4 Å². The molecule has 1 fully saturated rings.